The number of rotatable bonds is 8. The molecule has 1 aromatic heterocycles. The molecular formula is C28H26N6O4S. The van der Waals surface area contributed by atoms with Gasteiger partial charge < -0.3 is 10.2 Å². The number of non-ortho nitro benzene ring substituents is 1. The summed E-state index contributed by atoms with van der Waals surface area (Å²) in [4.78, 5) is 38.1. The Morgan fingerprint density at radius 1 is 1.03 bits per heavy atom. The van der Waals surface area contributed by atoms with Crippen LogP contribution in [0.3, 0.4) is 0 Å². The van der Waals surface area contributed by atoms with Gasteiger partial charge in [-0.3, -0.25) is 24.3 Å². The third-order valence-electron chi connectivity index (χ3n) is 6.57. The van der Waals surface area contributed by atoms with Crippen LogP contribution >= 0.6 is 11.8 Å². The molecule has 0 unspecified atom stereocenters. The predicted octanol–water partition coefficient (Wildman–Crippen LogP) is 4.40. The van der Waals surface area contributed by atoms with E-state index in [4.69, 9.17) is 0 Å². The standard InChI is InChI=1S/C28H26N6O4S/c1-18-7-8-19(2)24(15-18)33-25(16-29-27(36)21-9-11-22(12-10-21)34(37)38)30-31-28(33)39-17-26(35)32-14-13-20-5-3-4-6-23(20)32/h3-12,15H,13-14,16-17H2,1-2H3,(H,29,36). The van der Waals surface area contributed by atoms with Gasteiger partial charge >= 0.3 is 0 Å². The van der Waals surface area contributed by atoms with Crippen molar-refractivity contribution in [3.05, 3.63) is 105 Å². The molecule has 39 heavy (non-hydrogen) atoms. The number of thioether (sulfide) groups is 1. The van der Waals surface area contributed by atoms with Crippen molar-refractivity contribution < 1.29 is 14.5 Å². The number of para-hydroxylation sites is 1. The van der Waals surface area contributed by atoms with Crippen LogP contribution in [0.5, 0.6) is 0 Å². The monoisotopic (exact) mass is 542 g/mol. The molecule has 10 nitrogen and oxygen atoms in total. The number of carbonyl (C=O) groups is 2. The van der Waals surface area contributed by atoms with Crippen LogP contribution < -0.4 is 10.2 Å². The van der Waals surface area contributed by atoms with E-state index in [0.29, 0.717) is 23.1 Å². The molecule has 0 spiro atoms. The number of hydrogen-bond acceptors (Lipinski definition) is 7. The first-order valence-electron chi connectivity index (χ1n) is 12.4. The van der Waals surface area contributed by atoms with Crippen molar-refractivity contribution in [1.29, 1.82) is 0 Å². The lowest BCUT2D eigenvalue weighted by atomic mass is 10.1. The molecule has 0 saturated heterocycles. The molecular weight excluding hydrogens is 516 g/mol. The summed E-state index contributed by atoms with van der Waals surface area (Å²) in [6, 6.07) is 19.4. The normalized spacial score (nSPS) is 12.3. The molecule has 198 valence electrons. The zero-order valence-electron chi connectivity index (χ0n) is 21.5. The van der Waals surface area contributed by atoms with E-state index in [2.05, 4.69) is 15.5 Å². The average molecular weight is 543 g/mol. The Balaban J connectivity index is 1.36. The average Bonchev–Trinajstić information content (AvgIpc) is 3.56. The highest BCUT2D eigenvalue weighted by Gasteiger charge is 2.25. The number of nitrogens with one attached hydrogen (secondary N) is 1. The van der Waals surface area contributed by atoms with E-state index in [1.165, 1.54) is 41.6 Å². The van der Waals surface area contributed by atoms with Crippen molar-refractivity contribution in [3.63, 3.8) is 0 Å². The largest absolute Gasteiger partial charge is 0.345 e. The quantitative estimate of drug-likeness (QED) is 0.199. The number of nitro benzene ring substituents is 1. The molecule has 4 aromatic rings. The van der Waals surface area contributed by atoms with E-state index in [1.54, 1.807) is 0 Å². The van der Waals surface area contributed by atoms with Gasteiger partial charge in [-0.05, 0) is 61.2 Å². The van der Waals surface area contributed by atoms with Gasteiger partial charge in [-0.1, -0.05) is 42.1 Å². The third kappa shape index (κ3) is 5.53. The zero-order chi connectivity index (χ0) is 27.5. The summed E-state index contributed by atoms with van der Waals surface area (Å²) in [5.41, 5.74) is 5.23. The van der Waals surface area contributed by atoms with Crippen LogP contribution in [-0.2, 0) is 17.8 Å². The lowest BCUT2D eigenvalue weighted by Gasteiger charge is -2.17. The van der Waals surface area contributed by atoms with Crippen molar-refractivity contribution in [2.45, 2.75) is 32.0 Å². The minimum Gasteiger partial charge on any atom is -0.345 e. The number of fused-ring (bicyclic) bond motifs is 1. The highest BCUT2D eigenvalue weighted by Crippen LogP contribution is 2.30. The SMILES string of the molecule is Cc1ccc(C)c(-n2c(CNC(=O)c3ccc([N+](=O)[O-])cc3)nnc2SCC(=O)N2CCc3ccccc32)c1. The Kier molecular flexibility index (Phi) is 7.42. The highest BCUT2D eigenvalue weighted by molar-refractivity contribution is 7.99. The summed E-state index contributed by atoms with van der Waals surface area (Å²) in [5.74, 6) is 0.290. The fourth-order valence-electron chi connectivity index (χ4n) is 4.51. The molecule has 0 radical (unpaired) electrons. The smallest absolute Gasteiger partial charge is 0.269 e. The van der Waals surface area contributed by atoms with Gasteiger partial charge in [-0.15, -0.1) is 10.2 Å². The van der Waals surface area contributed by atoms with Gasteiger partial charge in [-0.2, -0.15) is 0 Å². The number of nitro groups is 1. The van der Waals surface area contributed by atoms with E-state index >= 15 is 0 Å². The van der Waals surface area contributed by atoms with Crippen LogP contribution in [0.2, 0.25) is 0 Å². The molecule has 0 bridgehead atoms. The molecule has 1 N–H and O–H groups in total. The minimum absolute atomic E-state index is 0.00603. The summed E-state index contributed by atoms with van der Waals surface area (Å²) < 4.78 is 1.87. The lowest BCUT2D eigenvalue weighted by molar-refractivity contribution is -0.384. The molecule has 1 aliphatic heterocycles. The number of aromatic nitrogens is 3. The second-order valence-corrected chi connectivity index (χ2v) is 10.2. The number of amides is 2. The van der Waals surface area contributed by atoms with Crippen molar-refractivity contribution in [2.24, 2.45) is 0 Å². The van der Waals surface area contributed by atoms with Gasteiger partial charge in [0.1, 0.15) is 0 Å². The van der Waals surface area contributed by atoms with E-state index in [9.17, 15) is 19.7 Å². The van der Waals surface area contributed by atoms with Gasteiger partial charge in [0.05, 0.1) is 22.9 Å². The van der Waals surface area contributed by atoms with Crippen molar-refractivity contribution in [1.82, 2.24) is 20.1 Å². The van der Waals surface area contributed by atoms with Gasteiger partial charge in [0.25, 0.3) is 11.6 Å². The first kappa shape index (κ1) is 26.1. The molecule has 3 aromatic carbocycles. The fourth-order valence-corrected chi connectivity index (χ4v) is 5.35. The molecule has 0 aliphatic carbocycles. The number of nitrogens with zero attached hydrogens (tertiary/aromatic N) is 5. The second-order valence-electron chi connectivity index (χ2n) is 9.22. The summed E-state index contributed by atoms with van der Waals surface area (Å²) in [6.45, 7) is 4.70. The maximum absolute atomic E-state index is 13.1. The molecule has 11 heteroatoms. The van der Waals surface area contributed by atoms with Crippen LogP contribution in [0.1, 0.15) is 32.9 Å². The fraction of sp³-hybridized carbons (Fsp3) is 0.214. The second kappa shape index (κ2) is 11.1. The Hall–Kier alpha value is -4.51. The van der Waals surface area contributed by atoms with Crippen molar-refractivity contribution in [2.75, 3.05) is 17.2 Å². The Labute approximate surface area is 229 Å². The topological polar surface area (TPSA) is 123 Å². The first-order chi connectivity index (χ1) is 18.8. The van der Waals surface area contributed by atoms with Crippen LogP contribution in [0.25, 0.3) is 5.69 Å². The molecule has 2 heterocycles. The number of hydrogen-bond donors (Lipinski definition) is 1. The number of benzene rings is 3. The Morgan fingerprint density at radius 2 is 1.79 bits per heavy atom. The van der Waals surface area contributed by atoms with Crippen LogP contribution in [0.15, 0.2) is 71.9 Å². The lowest BCUT2D eigenvalue weighted by Crippen LogP contribution is -2.30. The van der Waals surface area contributed by atoms with E-state index in [1.807, 2.05) is 65.8 Å². The van der Waals surface area contributed by atoms with E-state index in [0.717, 1.165) is 28.9 Å². The van der Waals surface area contributed by atoms with Crippen LogP contribution in [0, 0.1) is 24.0 Å². The summed E-state index contributed by atoms with van der Waals surface area (Å²) in [6.07, 6.45) is 0.837. The molecule has 5 rings (SSSR count). The zero-order valence-corrected chi connectivity index (χ0v) is 22.3. The predicted molar refractivity (Wildman–Crippen MR) is 148 cm³/mol. The summed E-state index contributed by atoms with van der Waals surface area (Å²) in [5, 5.41) is 23.0. The molecule has 2 amide bonds. The number of carbonyl (C=O) groups excluding carboxylic acids is 2. The van der Waals surface area contributed by atoms with Gasteiger partial charge in [0.2, 0.25) is 5.91 Å². The van der Waals surface area contributed by atoms with Gasteiger partial charge in [0.15, 0.2) is 11.0 Å². The maximum Gasteiger partial charge on any atom is 0.269 e. The highest BCUT2D eigenvalue weighted by atomic mass is 32.2. The molecule has 0 saturated carbocycles. The van der Waals surface area contributed by atoms with E-state index in [-0.39, 0.29) is 23.9 Å². The number of anilines is 1. The molecule has 0 atom stereocenters. The summed E-state index contributed by atoms with van der Waals surface area (Å²) >= 11 is 1.30. The Morgan fingerprint density at radius 3 is 2.56 bits per heavy atom. The van der Waals surface area contributed by atoms with Gasteiger partial charge in [0, 0.05) is 29.9 Å². The first-order valence-corrected chi connectivity index (χ1v) is 13.4. The van der Waals surface area contributed by atoms with Crippen LogP contribution in [-0.4, -0.2) is 43.8 Å². The van der Waals surface area contributed by atoms with Crippen molar-refractivity contribution in [3.8, 4) is 5.69 Å². The van der Waals surface area contributed by atoms with Gasteiger partial charge in [-0.25, -0.2) is 0 Å². The van der Waals surface area contributed by atoms with Crippen LogP contribution in [0.4, 0.5) is 11.4 Å². The summed E-state index contributed by atoms with van der Waals surface area (Å²) in [7, 11) is 0. The van der Waals surface area contributed by atoms with Crippen molar-refractivity contribution >= 4 is 35.0 Å². The minimum atomic E-state index is -0.513. The third-order valence-corrected chi connectivity index (χ3v) is 7.48. The number of aryl methyl sites for hydroxylation is 2. The molecule has 0 fully saturated rings. The molecule has 1 aliphatic rings. The van der Waals surface area contributed by atoms with E-state index < -0.39 is 10.8 Å². The Bertz CT molecular complexity index is 1570. The maximum atomic E-state index is 13.1.